The number of rotatable bonds is 2. The molecule has 0 saturated carbocycles. The van der Waals surface area contributed by atoms with Crippen molar-refractivity contribution in [1.29, 1.82) is 0 Å². The molecule has 1 fully saturated rings. The number of benzene rings is 2. The van der Waals surface area contributed by atoms with Gasteiger partial charge in [0.2, 0.25) is 0 Å². The molecule has 1 N–H and O–H groups in total. The number of fused-ring (bicyclic) bond motifs is 2. The summed E-state index contributed by atoms with van der Waals surface area (Å²) in [4.78, 5) is 33.6. The van der Waals surface area contributed by atoms with E-state index in [4.69, 9.17) is 4.74 Å². The normalized spacial score (nSPS) is 17.4. The highest BCUT2D eigenvalue weighted by Crippen LogP contribution is 2.43. The molecule has 170 valence electrons. The molecule has 2 aromatic carbocycles. The van der Waals surface area contributed by atoms with E-state index in [0.29, 0.717) is 12.4 Å². The van der Waals surface area contributed by atoms with Crippen LogP contribution in [0.15, 0.2) is 24.5 Å². The molecule has 0 bridgehead atoms. The van der Waals surface area contributed by atoms with Gasteiger partial charge in [0.25, 0.3) is 5.69 Å². The minimum atomic E-state index is -1.05. The third-order valence-corrected chi connectivity index (χ3v) is 6.10. The average molecular weight is 457 g/mol. The number of hydrogen-bond acceptors (Lipinski definition) is 7. The van der Waals surface area contributed by atoms with E-state index in [0.717, 1.165) is 12.1 Å². The molecule has 12 heteroatoms. The molecule has 1 atom stereocenters. The smallest absolute Gasteiger partial charge is 0.407 e. The van der Waals surface area contributed by atoms with E-state index in [1.54, 1.807) is 0 Å². The highest BCUT2D eigenvalue weighted by Gasteiger charge is 2.36. The van der Waals surface area contributed by atoms with Crippen LogP contribution < -0.4 is 9.64 Å². The lowest BCUT2D eigenvalue weighted by molar-refractivity contribution is -0.385. The van der Waals surface area contributed by atoms with Crippen molar-refractivity contribution in [3.63, 3.8) is 0 Å². The Bertz CT molecular complexity index is 1330. The van der Waals surface area contributed by atoms with Gasteiger partial charge in [-0.15, -0.1) is 0 Å². The summed E-state index contributed by atoms with van der Waals surface area (Å²) in [6, 6.07) is 2.88. The van der Waals surface area contributed by atoms with Gasteiger partial charge in [-0.25, -0.2) is 23.5 Å². The number of piperazine rings is 1. The van der Waals surface area contributed by atoms with E-state index in [-0.39, 0.29) is 64.8 Å². The summed E-state index contributed by atoms with van der Waals surface area (Å²) in [5, 5.41) is 21.0. The molecule has 2 aliphatic rings. The number of amides is 1. The Labute approximate surface area is 185 Å². The molecule has 0 radical (unpaired) electrons. The first-order valence-electron chi connectivity index (χ1n) is 10.1. The minimum Gasteiger partial charge on any atom is -0.490 e. The zero-order valence-electron chi connectivity index (χ0n) is 17.3. The van der Waals surface area contributed by atoms with Crippen molar-refractivity contribution in [3.05, 3.63) is 51.8 Å². The molecule has 0 spiro atoms. The van der Waals surface area contributed by atoms with Crippen molar-refractivity contribution in [1.82, 2.24) is 14.9 Å². The number of nitrogens with zero attached hydrogens (tertiary/aromatic N) is 5. The van der Waals surface area contributed by atoms with Crippen LogP contribution in [0.25, 0.3) is 22.0 Å². The van der Waals surface area contributed by atoms with E-state index in [2.05, 4.69) is 9.97 Å². The Morgan fingerprint density at radius 1 is 1.30 bits per heavy atom. The molecule has 3 heterocycles. The van der Waals surface area contributed by atoms with E-state index >= 15 is 4.39 Å². The molecule has 1 aromatic heterocycles. The summed E-state index contributed by atoms with van der Waals surface area (Å²) in [6.45, 7) is 2.17. The number of carbonyl (C=O) groups is 1. The average Bonchev–Trinajstić information content (AvgIpc) is 2.94. The summed E-state index contributed by atoms with van der Waals surface area (Å²) in [7, 11) is 0. The molecule has 0 unspecified atom stereocenters. The first-order chi connectivity index (χ1) is 15.8. The second-order valence-corrected chi connectivity index (χ2v) is 7.87. The second kappa shape index (κ2) is 7.50. The first-order valence-corrected chi connectivity index (χ1v) is 10.1. The molecule has 0 aliphatic carbocycles. The quantitative estimate of drug-likeness (QED) is 0.459. The van der Waals surface area contributed by atoms with Gasteiger partial charge in [0.15, 0.2) is 5.82 Å². The highest BCUT2D eigenvalue weighted by atomic mass is 19.1. The Morgan fingerprint density at radius 3 is 2.82 bits per heavy atom. The fraction of sp³-hybridized carbons (Fsp3) is 0.286. The summed E-state index contributed by atoms with van der Waals surface area (Å²) >= 11 is 0. The zero-order chi connectivity index (χ0) is 23.4. The molecular formula is C21H17F2N5O5. The van der Waals surface area contributed by atoms with Gasteiger partial charge in [-0.05, 0) is 19.1 Å². The van der Waals surface area contributed by atoms with Crippen LogP contribution in [0.5, 0.6) is 5.75 Å². The monoisotopic (exact) mass is 457 g/mol. The number of nitro benzene ring substituents is 1. The van der Waals surface area contributed by atoms with Crippen molar-refractivity contribution in [2.45, 2.75) is 13.0 Å². The standard InChI is InChI=1S/C21H17F2N5O5/c1-10-14(28(31)32)3-2-13(22)16(10)12-6-15-17-19(18(12)23)24-9-25-20(17)27-5-4-26(21(29)30)7-11(27)8-33-15/h2-3,6,9,11H,4-5,7-8H2,1H3,(H,29,30)/t11-/m0/s1. The van der Waals surface area contributed by atoms with Gasteiger partial charge in [-0.1, -0.05) is 0 Å². The lowest BCUT2D eigenvalue weighted by atomic mass is 9.96. The predicted octanol–water partition coefficient (Wildman–Crippen LogP) is 3.35. The first kappa shape index (κ1) is 20.8. The van der Waals surface area contributed by atoms with Crippen LogP contribution in [-0.4, -0.2) is 63.3 Å². The van der Waals surface area contributed by atoms with Crippen LogP contribution in [0.3, 0.4) is 0 Å². The third kappa shape index (κ3) is 3.17. The number of hydrogen-bond donors (Lipinski definition) is 1. The van der Waals surface area contributed by atoms with E-state index in [1.807, 2.05) is 4.90 Å². The SMILES string of the molecule is Cc1c([N+](=O)[O-])ccc(F)c1-c1cc2c3c(ncnc3c1F)N1CCN(C(=O)O)C[C@H]1CO2. The molecule has 2 aliphatic heterocycles. The summed E-state index contributed by atoms with van der Waals surface area (Å²) in [5.74, 6) is -1.09. The maximum Gasteiger partial charge on any atom is 0.407 e. The minimum absolute atomic E-state index is 0.0251. The molecule has 10 nitrogen and oxygen atoms in total. The number of anilines is 1. The van der Waals surface area contributed by atoms with Gasteiger partial charge in [0.05, 0.1) is 16.4 Å². The van der Waals surface area contributed by atoms with Crippen LogP contribution in [0, 0.1) is 28.7 Å². The van der Waals surface area contributed by atoms with Crippen molar-refractivity contribution >= 4 is 28.5 Å². The fourth-order valence-corrected chi connectivity index (χ4v) is 4.51. The highest BCUT2D eigenvalue weighted by molar-refractivity contribution is 5.99. The van der Waals surface area contributed by atoms with Crippen LogP contribution in [0.4, 0.5) is 25.1 Å². The molecule has 33 heavy (non-hydrogen) atoms. The molecular weight excluding hydrogens is 440 g/mol. The molecule has 1 amide bonds. The van der Waals surface area contributed by atoms with Gasteiger partial charge >= 0.3 is 6.09 Å². The van der Waals surface area contributed by atoms with Gasteiger partial charge in [0, 0.05) is 42.4 Å². The third-order valence-electron chi connectivity index (χ3n) is 6.10. The fourth-order valence-electron chi connectivity index (χ4n) is 4.51. The van der Waals surface area contributed by atoms with E-state index < -0.39 is 22.7 Å². The van der Waals surface area contributed by atoms with Gasteiger partial charge in [-0.3, -0.25) is 10.1 Å². The van der Waals surface area contributed by atoms with E-state index in [1.165, 1.54) is 24.2 Å². The Hall–Kier alpha value is -4.09. The molecule has 5 rings (SSSR count). The second-order valence-electron chi connectivity index (χ2n) is 7.87. The van der Waals surface area contributed by atoms with Gasteiger partial charge in [-0.2, -0.15) is 0 Å². The topological polar surface area (TPSA) is 122 Å². The van der Waals surface area contributed by atoms with Crippen molar-refractivity contribution in [3.8, 4) is 16.9 Å². The molecule has 3 aromatic rings. The number of halogens is 2. The van der Waals surface area contributed by atoms with Crippen molar-refractivity contribution in [2.75, 3.05) is 31.1 Å². The Kier molecular flexibility index (Phi) is 4.73. The van der Waals surface area contributed by atoms with Gasteiger partial charge < -0.3 is 19.6 Å². The number of nitro groups is 1. The van der Waals surface area contributed by atoms with Crippen LogP contribution in [0.2, 0.25) is 0 Å². The van der Waals surface area contributed by atoms with Crippen LogP contribution >= 0.6 is 0 Å². The molecule has 1 saturated heterocycles. The summed E-state index contributed by atoms with van der Waals surface area (Å²) < 4.78 is 36.4. The maximum absolute atomic E-state index is 15.7. The predicted molar refractivity (Wildman–Crippen MR) is 113 cm³/mol. The van der Waals surface area contributed by atoms with Crippen molar-refractivity contribution in [2.24, 2.45) is 0 Å². The number of aromatic nitrogens is 2. The zero-order valence-corrected chi connectivity index (χ0v) is 17.3. The van der Waals surface area contributed by atoms with Crippen LogP contribution in [-0.2, 0) is 0 Å². The summed E-state index contributed by atoms with van der Waals surface area (Å²) in [5.41, 5.74) is -0.940. The van der Waals surface area contributed by atoms with E-state index in [9.17, 15) is 24.4 Å². The van der Waals surface area contributed by atoms with Crippen molar-refractivity contribution < 1.29 is 28.3 Å². The summed E-state index contributed by atoms with van der Waals surface area (Å²) in [6.07, 6.45) is 0.130. The van der Waals surface area contributed by atoms with Gasteiger partial charge in [0.1, 0.15) is 35.8 Å². The van der Waals surface area contributed by atoms with Crippen LogP contribution in [0.1, 0.15) is 5.56 Å². The Morgan fingerprint density at radius 2 is 2.09 bits per heavy atom. The lowest BCUT2D eigenvalue weighted by Gasteiger charge is -2.39. The lowest BCUT2D eigenvalue weighted by Crippen LogP contribution is -2.56. The maximum atomic E-state index is 15.7. The number of carboxylic acid groups (broad SMARTS) is 1. The largest absolute Gasteiger partial charge is 0.490 e. The number of ether oxygens (including phenoxy) is 1. The Balaban J connectivity index is 1.71.